The first-order valence-corrected chi connectivity index (χ1v) is 13.0. The molecule has 6 rings (SSSR count). The second-order valence-corrected chi connectivity index (χ2v) is 9.94. The Kier molecular flexibility index (Phi) is 6.07. The van der Waals surface area contributed by atoms with Crippen LogP contribution in [0.25, 0.3) is 39.6 Å². The molecule has 180 valence electrons. The molecule has 2 heterocycles. The predicted octanol–water partition coefficient (Wildman–Crippen LogP) is 7.63. The van der Waals surface area contributed by atoms with Crippen LogP contribution in [0.1, 0.15) is 22.6 Å². The van der Waals surface area contributed by atoms with Crippen molar-refractivity contribution in [3.8, 4) is 5.69 Å². The van der Waals surface area contributed by atoms with E-state index in [0.717, 1.165) is 22.3 Å². The number of para-hydroxylation sites is 2. The Bertz CT molecular complexity index is 1830. The number of aromatic nitrogens is 3. The summed E-state index contributed by atoms with van der Waals surface area (Å²) in [6.45, 7) is 2.94. The molecule has 0 amide bonds. The monoisotopic (exact) mass is 545 g/mol. The highest BCUT2D eigenvalue weighted by Crippen LogP contribution is 2.29. The van der Waals surface area contributed by atoms with Crippen molar-refractivity contribution in [2.45, 2.75) is 13.5 Å². The van der Waals surface area contributed by atoms with Crippen LogP contribution < -0.4 is 5.56 Å². The van der Waals surface area contributed by atoms with E-state index in [0.29, 0.717) is 16.7 Å². The zero-order chi connectivity index (χ0) is 25.4. The molecule has 0 saturated carbocycles. The molecule has 0 fully saturated rings. The van der Waals surface area contributed by atoms with Gasteiger partial charge in [0, 0.05) is 33.2 Å². The molecule has 0 atom stereocenters. The van der Waals surface area contributed by atoms with E-state index in [9.17, 15) is 4.79 Å². The number of nitrogens with zero attached hydrogens (tertiary/aromatic N) is 3. The van der Waals surface area contributed by atoms with E-state index in [2.05, 4.69) is 82.0 Å². The first kappa shape index (κ1) is 23.2. The highest BCUT2D eigenvalue weighted by atomic mass is 79.9. The van der Waals surface area contributed by atoms with Crippen molar-refractivity contribution >= 4 is 49.9 Å². The molecule has 6 aromatic rings. The van der Waals surface area contributed by atoms with Crippen molar-refractivity contribution in [1.29, 1.82) is 0 Å². The Labute approximate surface area is 223 Å². The predicted molar refractivity (Wildman–Crippen MR) is 156 cm³/mol. The third-order valence-corrected chi connectivity index (χ3v) is 7.28. The topological polar surface area (TPSA) is 39.8 Å². The van der Waals surface area contributed by atoms with Gasteiger partial charge < -0.3 is 4.57 Å². The van der Waals surface area contributed by atoms with Gasteiger partial charge in [-0.15, -0.1) is 0 Å². The molecule has 0 aliphatic heterocycles. The summed E-state index contributed by atoms with van der Waals surface area (Å²) in [5.74, 6) is 0.588. The van der Waals surface area contributed by atoms with Crippen LogP contribution in [0.4, 0.5) is 0 Å². The fourth-order valence-electron chi connectivity index (χ4n) is 4.90. The standard InChI is InChI=1S/C32H24BrN3O/c1-22-26(27-11-6-8-14-30(27)35(22)21-23-9-3-2-4-10-23)19-20-31-34-29-13-7-5-12-28(29)32(37)36(31)25-17-15-24(33)16-18-25/h2-20H,21H2,1H3/b20-19+. The lowest BCUT2D eigenvalue weighted by molar-refractivity contribution is 0.804. The van der Waals surface area contributed by atoms with Gasteiger partial charge >= 0.3 is 0 Å². The van der Waals surface area contributed by atoms with Crippen LogP contribution in [0.15, 0.2) is 112 Å². The Balaban J connectivity index is 1.52. The van der Waals surface area contributed by atoms with Gasteiger partial charge in [0.15, 0.2) is 0 Å². The van der Waals surface area contributed by atoms with E-state index in [4.69, 9.17) is 4.98 Å². The summed E-state index contributed by atoms with van der Waals surface area (Å²) in [7, 11) is 0. The Morgan fingerprint density at radius 2 is 1.46 bits per heavy atom. The minimum Gasteiger partial charge on any atom is -0.340 e. The average Bonchev–Trinajstić information content (AvgIpc) is 3.19. The highest BCUT2D eigenvalue weighted by Gasteiger charge is 2.14. The summed E-state index contributed by atoms with van der Waals surface area (Å²) in [6, 6.07) is 34.2. The molecule has 37 heavy (non-hydrogen) atoms. The number of rotatable bonds is 5. The fraction of sp³-hybridized carbons (Fsp3) is 0.0625. The van der Waals surface area contributed by atoms with Gasteiger partial charge in [0.2, 0.25) is 0 Å². The summed E-state index contributed by atoms with van der Waals surface area (Å²) >= 11 is 3.49. The second kappa shape index (κ2) is 9.68. The van der Waals surface area contributed by atoms with Crippen LogP contribution in [0.3, 0.4) is 0 Å². The lowest BCUT2D eigenvalue weighted by atomic mass is 10.1. The van der Waals surface area contributed by atoms with E-state index in [1.54, 1.807) is 4.57 Å². The molecule has 0 N–H and O–H groups in total. The number of halogens is 1. The number of fused-ring (bicyclic) bond motifs is 2. The van der Waals surface area contributed by atoms with Gasteiger partial charge in [0.05, 0.1) is 16.6 Å². The molecule has 0 radical (unpaired) electrons. The number of benzene rings is 4. The van der Waals surface area contributed by atoms with Crippen molar-refractivity contribution in [2.75, 3.05) is 0 Å². The van der Waals surface area contributed by atoms with E-state index < -0.39 is 0 Å². The molecule has 0 unspecified atom stereocenters. The SMILES string of the molecule is Cc1c(/C=C/c2nc3ccccc3c(=O)n2-c2ccc(Br)cc2)c2ccccc2n1Cc1ccccc1. The Morgan fingerprint density at radius 1 is 0.784 bits per heavy atom. The van der Waals surface area contributed by atoms with Gasteiger partial charge in [-0.3, -0.25) is 9.36 Å². The van der Waals surface area contributed by atoms with Crippen LogP contribution in [-0.2, 0) is 6.54 Å². The van der Waals surface area contributed by atoms with Gasteiger partial charge in [-0.05, 0) is 67.1 Å². The molecule has 0 aliphatic carbocycles. The van der Waals surface area contributed by atoms with E-state index in [1.165, 1.54) is 22.2 Å². The zero-order valence-corrected chi connectivity index (χ0v) is 21.9. The van der Waals surface area contributed by atoms with Crippen molar-refractivity contribution in [3.63, 3.8) is 0 Å². The minimum atomic E-state index is -0.0872. The minimum absolute atomic E-state index is 0.0872. The molecule has 4 nitrogen and oxygen atoms in total. The van der Waals surface area contributed by atoms with Crippen molar-refractivity contribution in [1.82, 2.24) is 14.1 Å². The van der Waals surface area contributed by atoms with Crippen LogP contribution in [0.5, 0.6) is 0 Å². The molecular formula is C32H24BrN3O. The molecule has 5 heteroatoms. The maximum atomic E-state index is 13.6. The Hall–Kier alpha value is -4.22. The third kappa shape index (κ3) is 4.32. The van der Waals surface area contributed by atoms with Crippen molar-refractivity contribution in [2.24, 2.45) is 0 Å². The summed E-state index contributed by atoms with van der Waals surface area (Å²) in [6.07, 6.45) is 4.04. The average molecular weight is 546 g/mol. The summed E-state index contributed by atoms with van der Waals surface area (Å²) in [5, 5.41) is 1.77. The quantitative estimate of drug-likeness (QED) is 0.223. The van der Waals surface area contributed by atoms with Crippen LogP contribution in [0, 0.1) is 6.92 Å². The van der Waals surface area contributed by atoms with Gasteiger partial charge in [0.1, 0.15) is 5.82 Å². The number of hydrogen-bond acceptors (Lipinski definition) is 2. The van der Waals surface area contributed by atoms with Crippen molar-refractivity contribution in [3.05, 3.63) is 141 Å². The van der Waals surface area contributed by atoms with Gasteiger partial charge in [-0.25, -0.2) is 4.98 Å². The maximum Gasteiger partial charge on any atom is 0.266 e. The van der Waals surface area contributed by atoms with E-state index >= 15 is 0 Å². The van der Waals surface area contributed by atoms with Crippen LogP contribution in [0.2, 0.25) is 0 Å². The first-order chi connectivity index (χ1) is 18.1. The van der Waals surface area contributed by atoms with Gasteiger partial charge in [0.25, 0.3) is 5.56 Å². The lowest BCUT2D eigenvalue weighted by Crippen LogP contribution is -2.22. The van der Waals surface area contributed by atoms with Crippen molar-refractivity contribution < 1.29 is 0 Å². The summed E-state index contributed by atoms with van der Waals surface area (Å²) < 4.78 is 4.99. The van der Waals surface area contributed by atoms with E-state index in [-0.39, 0.29) is 5.56 Å². The number of hydrogen-bond donors (Lipinski definition) is 0. The molecule has 0 bridgehead atoms. The first-order valence-electron chi connectivity index (χ1n) is 12.2. The molecule has 0 spiro atoms. The molecule has 4 aromatic carbocycles. The normalized spacial score (nSPS) is 11.6. The Morgan fingerprint density at radius 3 is 2.24 bits per heavy atom. The smallest absolute Gasteiger partial charge is 0.266 e. The third-order valence-electron chi connectivity index (χ3n) is 6.75. The molecular weight excluding hydrogens is 522 g/mol. The molecule has 0 aliphatic rings. The van der Waals surface area contributed by atoms with E-state index in [1.807, 2.05) is 60.7 Å². The fourth-order valence-corrected chi connectivity index (χ4v) is 5.16. The highest BCUT2D eigenvalue weighted by molar-refractivity contribution is 9.10. The second-order valence-electron chi connectivity index (χ2n) is 9.03. The van der Waals surface area contributed by atoms with Gasteiger partial charge in [-0.1, -0.05) is 76.6 Å². The largest absolute Gasteiger partial charge is 0.340 e. The zero-order valence-electron chi connectivity index (χ0n) is 20.3. The van der Waals surface area contributed by atoms with Crippen LogP contribution >= 0.6 is 15.9 Å². The molecule has 0 saturated heterocycles. The maximum absolute atomic E-state index is 13.6. The molecule has 2 aromatic heterocycles. The van der Waals surface area contributed by atoms with Crippen LogP contribution in [-0.4, -0.2) is 14.1 Å². The summed E-state index contributed by atoms with van der Waals surface area (Å²) in [5.41, 5.74) is 6.09. The summed E-state index contributed by atoms with van der Waals surface area (Å²) in [4.78, 5) is 18.5. The van der Waals surface area contributed by atoms with Gasteiger partial charge in [-0.2, -0.15) is 0 Å². The lowest BCUT2D eigenvalue weighted by Gasteiger charge is -2.11.